The molecule has 0 atom stereocenters. The van der Waals surface area contributed by atoms with Gasteiger partial charge in [0.2, 0.25) is 0 Å². The minimum atomic E-state index is -1.80. The highest BCUT2D eigenvalue weighted by atomic mass is 32.2. The Labute approximate surface area is 197 Å². The predicted octanol–water partition coefficient (Wildman–Crippen LogP) is 3.74. The van der Waals surface area contributed by atoms with Gasteiger partial charge in [-0.1, -0.05) is 16.9 Å². The molecule has 0 spiro atoms. The minimum Gasteiger partial charge on any atom is -0.455 e. The van der Waals surface area contributed by atoms with Gasteiger partial charge >= 0.3 is 0 Å². The summed E-state index contributed by atoms with van der Waals surface area (Å²) in [6, 6.07) is 1.10. The third-order valence-electron chi connectivity index (χ3n) is 4.18. The van der Waals surface area contributed by atoms with Gasteiger partial charge < -0.3 is 24.1 Å². The fourth-order valence-electron chi connectivity index (χ4n) is 2.87. The van der Waals surface area contributed by atoms with Crippen molar-refractivity contribution in [2.24, 2.45) is 10.8 Å². The van der Waals surface area contributed by atoms with Gasteiger partial charge in [0, 0.05) is 34.8 Å². The first-order chi connectivity index (χ1) is 15.3. The molecule has 0 fully saturated rings. The molecular formula is C19H38N6O4SSi2. The molecule has 10 nitrogen and oxygen atoms in total. The van der Waals surface area contributed by atoms with Crippen molar-refractivity contribution >= 4 is 28.4 Å². The summed E-state index contributed by atoms with van der Waals surface area (Å²) in [5, 5.41) is 5.08. The summed E-state index contributed by atoms with van der Waals surface area (Å²) in [7, 11) is -3.46. The zero-order chi connectivity index (χ0) is 23.7. The first kappa shape index (κ1) is 29.0. The first-order valence-corrected chi connectivity index (χ1v) is 18.1. The number of thioether (sulfide) groups is 1. The van der Waals surface area contributed by atoms with E-state index in [1.54, 1.807) is 11.8 Å². The second-order valence-corrected chi connectivity index (χ2v) is 18.6. The standard InChI is InChI=1S/C19H38N6O4SSi2/c1-31(2,13-5-6-20)29-32(3,4)17-30-19-22-14-18(15-23-19)16-28-12-11-27-10-9-26-8-7-24-25-21/h14-15H,5-13,16-17,20H2,1-4H3. The van der Waals surface area contributed by atoms with Crippen LogP contribution >= 0.6 is 11.8 Å². The highest BCUT2D eigenvalue weighted by Gasteiger charge is 2.32. The van der Waals surface area contributed by atoms with Crippen LogP contribution in [-0.4, -0.2) is 78.1 Å². The fourth-order valence-corrected chi connectivity index (χ4v) is 13.2. The van der Waals surface area contributed by atoms with Gasteiger partial charge in [0.1, 0.15) is 0 Å². The Hall–Kier alpha value is -1.03. The van der Waals surface area contributed by atoms with E-state index in [4.69, 9.17) is 29.6 Å². The van der Waals surface area contributed by atoms with Crippen molar-refractivity contribution in [1.82, 2.24) is 9.97 Å². The molecule has 0 aliphatic carbocycles. The molecule has 0 amide bonds. The summed E-state index contributed by atoms with van der Waals surface area (Å²) in [6.45, 7) is 12.9. The first-order valence-electron chi connectivity index (χ1n) is 10.9. The number of hydrogen-bond acceptors (Lipinski definition) is 9. The molecule has 1 rings (SSSR count). The van der Waals surface area contributed by atoms with E-state index in [9.17, 15) is 0 Å². The number of ether oxygens (including phenoxy) is 3. The molecule has 32 heavy (non-hydrogen) atoms. The van der Waals surface area contributed by atoms with Crippen LogP contribution in [0, 0.1) is 0 Å². The van der Waals surface area contributed by atoms with E-state index in [0.29, 0.717) is 46.2 Å². The van der Waals surface area contributed by atoms with E-state index in [1.165, 1.54) is 0 Å². The van der Waals surface area contributed by atoms with Gasteiger partial charge in [0.15, 0.2) is 21.8 Å². The van der Waals surface area contributed by atoms with Gasteiger partial charge in [0.25, 0.3) is 0 Å². The lowest BCUT2D eigenvalue weighted by Crippen LogP contribution is -2.46. The molecule has 1 heterocycles. The van der Waals surface area contributed by atoms with Crippen LogP contribution in [0.1, 0.15) is 12.0 Å². The summed E-state index contributed by atoms with van der Waals surface area (Å²) in [5.41, 5.74) is 14.7. The molecule has 0 radical (unpaired) electrons. The fraction of sp³-hybridized carbons (Fsp3) is 0.789. The number of azide groups is 1. The monoisotopic (exact) mass is 502 g/mol. The summed E-state index contributed by atoms with van der Waals surface area (Å²) in [6.07, 6.45) is 4.65. The number of rotatable bonds is 19. The van der Waals surface area contributed by atoms with Gasteiger partial charge in [0.05, 0.1) is 39.6 Å². The predicted molar refractivity (Wildman–Crippen MR) is 133 cm³/mol. The zero-order valence-electron chi connectivity index (χ0n) is 19.8. The third kappa shape index (κ3) is 14.9. The smallest absolute Gasteiger partial charge is 0.187 e. The van der Waals surface area contributed by atoms with Gasteiger partial charge in [-0.3, -0.25) is 0 Å². The third-order valence-corrected chi connectivity index (χ3v) is 14.0. The topological polar surface area (TPSA) is 137 Å². The molecule has 1 aromatic rings. The van der Waals surface area contributed by atoms with E-state index in [-0.39, 0.29) is 0 Å². The normalized spacial score (nSPS) is 12.0. The molecule has 0 aliphatic rings. The average molecular weight is 503 g/mol. The number of nitrogens with two attached hydrogens (primary N) is 1. The Balaban J connectivity index is 2.19. The largest absolute Gasteiger partial charge is 0.455 e. The lowest BCUT2D eigenvalue weighted by molar-refractivity contribution is 0.0118. The quantitative estimate of drug-likeness (QED) is 0.0574. The number of aromatic nitrogens is 2. The Morgan fingerprint density at radius 1 is 1.00 bits per heavy atom. The van der Waals surface area contributed by atoms with E-state index in [0.717, 1.165) is 35.1 Å². The molecule has 2 N–H and O–H groups in total. The number of nitrogens with zero attached hydrogens (tertiary/aromatic N) is 5. The zero-order valence-corrected chi connectivity index (χ0v) is 22.6. The molecule has 1 aromatic heterocycles. The molecule has 0 aliphatic heterocycles. The molecule has 182 valence electrons. The van der Waals surface area contributed by atoms with Crippen molar-refractivity contribution in [1.29, 1.82) is 0 Å². The highest BCUT2D eigenvalue weighted by Crippen LogP contribution is 2.24. The lowest BCUT2D eigenvalue weighted by Gasteiger charge is -2.33. The van der Waals surface area contributed by atoms with Crippen molar-refractivity contribution in [3.8, 4) is 0 Å². The molecule has 0 aromatic carbocycles. The van der Waals surface area contributed by atoms with E-state index in [2.05, 4.69) is 46.2 Å². The second-order valence-electron chi connectivity index (χ2n) is 8.41. The van der Waals surface area contributed by atoms with Gasteiger partial charge in [-0.15, -0.1) is 0 Å². The molecule has 0 saturated carbocycles. The van der Waals surface area contributed by atoms with Gasteiger partial charge in [-0.25, -0.2) is 9.97 Å². The second kappa shape index (κ2) is 16.6. The van der Waals surface area contributed by atoms with Crippen LogP contribution in [0.25, 0.3) is 10.4 Å². The minimum absolute atomic E-state index is 0.335. The lowest BCUT2D eigenvalue weighted by atomic mass is 10.4. The SMILES string of the molecule is C[Si](C)(CCCN)O[Si](C)(C)CSc1ncc(COCCOCCOCCN=[N+]=[N-])cn1. The van der Waals surface area contributed by atoms with Crippen molar-refractivity contribution in [2.75, 3.05) is 51.5 Å². The van der Waals surface area contributed by atoms with Crippen LogP contribution in [0.2, 0.25) is 32.2 Å². The Bertz CT molecular complexity index is 678. The van der Waals surface area contributed by atoms with Crippen molar-refractivity contribution in [3.63, 3.8) is 0 Å². The summed E-state index contributed by atoms with van der Waals surface area (Å²) < 4.78 is 22.8. The molecule has 0 bridgehead atoms. The van der Waals surface area contributed by atoms with Crippen LogP contribution in [0.4, 0.5) is 0 Å². The van der Waals surface area contributed by atoms with Crippen LogP contribution in [-0.2, 0) is 24.9 Å². The van der Waals surface area contributed by atoms with Crippen molar-refractivity contribution in [2.45, 2.75) is 50.4 Å². The van der Waals surface area contributed by atoms with Crippen molar-refractivity contribution in [3.05, 3.63) is 28.4 Å². The maximum absolute atomic E-state index is 8.14. The van der Waals surface area contributed by atoms with Crippen LogP contribution in [0.15, 0.2) is 22.7 Å². The summed E-state index contributed by atoms with van der Waals surface area (Å²) >= 11 is 1.66. The van der Waals surface area contributed by atoms with Crippen LogP contribution in [0.5, 0.6) is 0 Å². The highest BCUT2D eigenvalue weighted by molar-refractivity contribution is 8.00. The number of hydrogen-bond donors (Lipinski definition) is 1. The Kier molecular flexibility index (Phi) is 15.0. The van der Waals surface area contributed by atoms with E-state index >= 15 is 0 Å². The van der Waals surface area contributed by atoms with Gasteiger partial charge in [-0.2, -0.15) is 0 Å². The summed E-state index contributed by atoms with van der Waals surface area (Å²) in [5.74, 6) is 0. The van der Waals surface area contributed by atoms with E-state index in [1.807, 2.05) is 12.4 Å². The van der Waals surface area contributed by atoms with Crippen molar-refractivity contribution < 1.29 is 18.3 Å². The average Bonchev–Trinajstić information content (AvgIpc) is 2.75. The Morgan fingerprint density at radius 2 is 1.62 bits per heavy atom. The molecule has 0 saturated heterocycles. The van der Waals surface area contributed by atoms with Gasteiger partial charge in [-0.05, 0) is 50.7 Å². The van der Waals surface area contributed by atoms with Crippen LogP contribution in [0.3, 0.4) is 0 Å². The maximum Gasteiger partial charge on any atom is 0.187 e. The molecular weight excluding hydrogens is 464 g/mol. The van der Waals surface area contributed by atoms with Crippen LogP contribution < -0.4 is 5.73 Å². The Morgan fingerprint density at radius 3 is 2.25 bits per heavy atom. The maximum atomic E-state index is 8.14. The molecule has 0 unspecified atom stereocenters. The van der Waals surface area contributed by atoms with E-state index < -0.39 is 16.6 Å². The molecule has 13 heteroatoms. The summed E-state index contributed by atoms with van der Waals surface area (Å²) in [4.78, 5) is 11.6.